The second-order valence-corrected chi connectivity index (χ2v) is 8.21. The summed E-state index contributed by atoms with van der Waals surface area (Å²) in [6, 6.07) is 11.1. The molecule has 0 aliphatic carbocycles. The summed E-state index contributed by atoms with van der Waals surface area (Å²) in [4.78, 5) is 30.3. The fourth-order valence-corrected chi connectivity index (χ4v) is 4.42. The quantitative estimate of drug-likeness (QED) is 0.296. The Labute approximate surface area is 206 Å². The van der Waals surface area contributed by atoms with Crippen LogP contribution in [0.4, 0.5) is 0 Å². The maximum atomic E-state index is 13.3. The van der Waals surface area contributed by atoms with Gasteiger partial charge in [-0.15, -0.1) is 0 Å². The molecule has 1 fully saturated rings. The van der Waals surface area contributed by atoms with Gasteiger partial charge in [-0.05, 0) is 56.4 Å². The van der Waals surface area contributed by atoms with Crippen LogP contribution in [0.25, 0.3) is 5.76 Å². The molecule has 1 aliphatic rings. The molecule has 0 bridgehead atoms. The van der Waals surface area contributed by atoms with Crippen LogP contribution < -0.4 is 14.2 Å². The molecule has 0 radical (unpaired) electrons. The van der Waals surface area contributed by atoms with Gasteiger partial charge in [-0.3, -0.25) is 9.59 Å². The Balaban J connectivity index is 2.14. The van der Waals surface area contributed by atoms with Crippen molar-refractivity contribution in [2.75, 3.05) is 47.5 Å². The van der Waals surface area contributed by atoms with E-state index in [1.54, 1.807) is 49.6 Å². The van der Waals surface area contributed by atoms with Gasteiger partial charge in [0, 0.05) is 17.7 Å². The number of ketones is 1. The summed E-state index contributed by atoms with van der Waals surface area (Å²) in [5.74, 6) is -0.0767. The molecule has 188 valence electrons. The van der Waals surface area contributed by atoms with Crippen molar-refractivity contribution in [1.82, 2.24) is 9.80 Å². The fourth-order valence-electron chi connectivity index (χ4n) is 4.42. The first-order valence-electron chi connectivity index (χ1n) is 11.8. The molecule has 1 N–H and O–H groups in total. The van der Waals surface area contributed by atoms with E-state index in [1.807, 2.05) is 0 Å². The molecule has 1 heterocycles. The van der Waals surface area contributed by atoms with Crippen molar-refractivity contribution in [3.63, 3.8) is 0 Å². The van der Waals surface area contributed by atoms with Gasteiger partial charge in [0.15, 0.2) is 0 Å². The molecule has 3 rings (SSSR count). The zero-order chi connectivity index (χ0) is 25.5. The number of likely N-dealkylation sites (tertiary alicyclic amines) is 1. The van der Waals surface area contributed by atoms with Crippen LogP contribution >= 0.6 is 0 Å². The highest BCUT2D eigenvalue weighted by Crippen LogP contribution is 2.44. The van der Waals surface area contributed by atoms with Crippen molar-refractivity contribution in [2.24, 2.45) is 0 Å². The molecule has 2 aromatic carbocycles. The summed E-state index contributed by atoms with van der Waals surface area (Å²) >= 11 is 0. The van der Waals surface area contributed by atoms with Crippen molar-refractivity contribution in [2.45, 2.75) is 26.3 Å². The fraction of sp³-hybridized carbons (Fsp3) is 0.407. The second-order valence-electron chi connectivity index (χ2n) is 8.21. The highest BCUT2D eigenvalue weighted by Gasteiger charge is 2.47. The third-order valence-corrected chi connectivity index (χ3v) is 6.38. The maximum Gasteiger partial charge on any atom is 0.295 e. The summed E-state index contributed by atoms with van der Waals surface area (Å²) in [6.45, 7) is 7.11. The third-order valence-electron chi connectivity index (χ3n) is 6.38. The Kier molecular flexibility index (Phi) is 8.76. The van der Waals surface area contributed by atoms with E-state index in [-0.39, 0.29) is 11.3 Å². The molecule has 8 nitrogen and oxygen atoms in total. The van der Waals surface area contributed by atoms with E-state index in [1.165, 1.54) is 19.1 Å². The zero-order valence-corrected chi connectivity index (χ0v) is 21.0. The van der Waals surface area contributed by atoms with Crippen LogP contribution in [0.3, 0.4) is 0 Å². The number of Topliss-reactive ketones (excluding diaryl/α,β-unsaturated/α-hetero) is 1. The number of methoxy groups -OCH3 is 3. The van der Waals surface area contributed by atoms with Crippen LogP contribution in [0.1, 0.15) is 37.4 Å². The standard InChI is InChI=1S/C27H34N2O6/c1-6-28(7-2)14-9-15-29-24(21-17-20(34-4)12-13-22(21)35-5)23(26(31)27(29)32)25(30)18-10-8-11-19(16-18)33-3/h8,10-13,16-17,24,30H,6-7,9,14-15H2,1-5H3/t24-/m0/s1. The number of hydrogen-bond acceptors (Lipinski definition) is 7. The van der Waals surface area contributed by atoms with Crippen molar-refractivity contribution in [3.05, 3.63) is 59.2 Å². The Morgan fingerprint density at radius 2 is 1.66 bits per heavy atom. The molecule has 8 heteroatoms. The molecular formula is C27H34N2O6. The molecule has 1 atom stereocenters. The zero-order valence-electron chi connectivity index (χ0n) is 21.0. The number of hydrogen-bond donors (Lipinski definition) is 1. The summed E-state index contributed by atoms with van der Waals surface area (Å²) in [6.07, 6.45) is 0.677. The normalized spacial score (nSPS) is 17.2. The van der Waals surface area contributed by atoms with E-state index >= 15 is 0 Å². The van der Waals surface area contributed by atoms with Crippen LogP contribution in [0.15, 0.2) is 48.0 Å². The van der Waals surface area contributed by atoms with Crippen molar-refractivity contribution < 1.29 is 28.9 Å². The molecule has 35 heavy (non-hydrogen) atoms. The molecule has 1 saturated heterocycles. The first-order chi connectivity index (χ1) is 16.9. The molecule has 0 aromatic heterocycles. The lowest BCUT2D eigenvalue weighted by atomic mass is 9.94. The van der Waals surface area contributed by atoms with Crippen molar-refractivity contribution >= 4 is 17.4 Å². The van der Waals surface area contributed by atoms with Gasteiger partial charge in [0.1, 0.15) is 23.0 Å². The van der Waals surface area contributed by atoms with Gasteiger partial charge in [0.05, 0.1) is 32.9 Å². The van der Waals surface area contributed by atoms with Crippen LogP contribution in [-0.2, 0) is 9.59 Å². The highest BCUT2D eigenvalue weighted by atomic mass is 16.5. The summed E-state index contributed by atoms with van der Waals surface area (Å²) < 4.78 is 16.3. The van der Waals surface area contributed by atoms with Gasteiger partial charge in [0.2, 0.25) is 0 Å². The minimum atomic E-state index is -0.831. The van der Waals surface area contributed by atoms with Crippen molar-refractivity contribution in [3.8, 4) is 17.2 Å². The Bertz CT molecular complexity index is 1090. The van der Waals surface area contributed by atoms with Gasteiger partial charge in [0.25, 0.3) is 11.7 Å². The van der Waals surface area contributed by atoms with E-state index in [4.69, 9.17) is 14.2 Å². The lowest BCUT2D eigenvalue weighted by Gasteiger charge is -2.28. The SMILES string of the molecule is CCN(CC)CCCN1C(=O)C(=O)C(=C(O)c2cccc(OC)c2)[C@@H]1c1cc(OC)ccc1OC. The third kappa shape index (κ3) is 5.43. The summed E-state index contributed by atoms with van der Waals surface area (Å²) in [7, 11) is 4.60. The smallest absolute Gasteiger partial charge is 0.295 e. The van der Waals surface area contributed by atoms with Crippen molar-refractivity contribution in [1.29, 1.82) is 0 Å². The Morgan fingerprint density at radius 1 is 0.971 bits per heavy atom. The monoisotopic (exact) mass is 482 g/mol. The van der Waals surface area contributed by atoms with E-state index < -0.39 is 17.7 Å². The molecule has 2 aromatic rings. The Morgan fingerprint density at radius 3 is 2.29 bits per heavy atom. The summed E-state index contributed by atoms with van der Waals surface area (Å²) in [5, 5.41) is 11.3. The number of carbonyl (C=O) groups is 2. The topological polar surface area (TPSA) is 88.5 Å². The first-order valence-corrected chi connectivity index (χ1v) is 11.8. The lowest BCUT2D eigenvalue weighted by Crippen LogP contribution is -2.33. The lowest BCUT2D eigenvalue weighted by molar-refractivity contribution is -0.140. The van der Waals surface area contributed by atoms with E-state index in [0.29, 0.717) is 41.3 Å². The number of carbonyl (C=O) groups excluding carboxylic acids is 2. The number of ether oxygens (including phenoxy) is 3. The van der Waals surface area contributed by atoms with Crippen LogP contribution in [0, 0.1) is 0 Å². The average molecular weight is 483 g/mol. The van der Waals surface area contributed by atoms with Crippen LogP contribution in [-0.4, -0.2) is 74.1 Å². The molecule has 0 unspecified atom stereocenters. The Hall–Kier alpha value is -3.52. The first kappa shape index (κ1) is 26.1. The number of aliphatic hydroxyl groups is 1. The predicted molar refractivity (Wildman–Crippen MR) is 134 cm³/mol. The van der Waals surface area contributed by atoms with Crippen LogP contribution in [0.2, 0.25) is 0 Å². The van der Waals surface area contributed by atoms with E-state index in [9.17, 15) is 14.7 Å². The van der Waals surface area contributed by atoms with Gasteiger partial charge in [-0.25, -0.2) is 0 Å². The van der Waals surface area contributed by atoms with E-state index in [2.05, 4.69) is 18.7 Å². The predicted octanol–water partition coefficient (Wildman–Crippen LogP) is 3.87. The highest BCUT2D eigenvalue weighted by molar-refractivity contribution is 6.46. The van der Waals surface area contributed by atoms with Gasteiger partial charge in [-0.1, -0.05) is 26.0 Å². The summed E-state index contributed by atoms with van der Waals surface area (Å²) in [5.41, 5.74) is 0.966. The molecular weight excluding hydrogens is 448 g/mol. The average Bonchev–Trinajstić information content (AvgIpc) is 3.15. The minimum Gasteiger partial charge on any atom is -0.507 e. The van der Waals surface area contributed by atoms with Gasteiger partial charge in [-0.2, -0.15) is 0 Å². The minimum absolute atomic E-state index is 0.0117. The number of benzene rings is 2. The molecule has 1 amide bonds. The molecule has 0 saturated carbocycles. The second kappa shape index (κ2) is 11.8. The molecule has 0 spiro atoms. The molecule has 1 aliphatic heterocycles. The van der Waals surface area contributed by atoms with Gasteiger partial charge < -0.3 is 29.1 Å². The van der Waals surface area contributed by atoms with Crippen LogP contribution in [0.5, 0.6) is 17.2 Å². The number of rotatable bonds is 11. The van der Waals surface area contributed by atoms with Gasteiger partial charge >= 0.3 is 0 Å². The number of nitrogens with zero attached hydrogens (tertiary/aromatic N) is 2. The maximum absolute atomic E-state index is 13.3. The number of amides is 1. The number of aliphatic hydroxyl groups excluding tert-OH is 1. The van der Waals surface area contributed by atoms with E-state index in [0.717, 1.165) is 19.6 Å². The largest absolute Gasteiger partial charge is 0.507 e.